The maximum Gasteiger partial charge on any atom is 0.315 e. The molecule has 0 saturated heterocycles. The molecule has 104 valence electrons. The van der Waals surface area contributed by atoms with Crippen LogP contribution in [0.5, 0.6) is 0 Å². The average Bonchev–Trinajstić information content (AvgIpc) is 3.20. The Morgan fingerprint density at radius 3 is 2.58 bits per heavy atom. The fourth-order valence-electron chi connectivity index (χ4n) is 2.47. The lowest BCUT2D eigenvalue weighted by Crippen LogP contribution is -2.46. The van der Waals surface area contributed by atoms with Crippen molar-refractivity contribution in [3.63, 3.8) is 0 Å². The van der Waals surface area contributed by atoms with Gasteiger partial charge < -0.3 is 16.0 Å². The van der Waals surface area contributed by atoms with E-state index >= 15 is 0 Å². The van der Waals surface area contributed by atoms with Gasteiger partial charge in [-0.2, -0.15) is 0 Å². The molecule has 2 rings (SSSR count). The number of carbonyl (C=O) groups excluding carboxylic acids is 2. The van der Waals surface area contributed by atoms with E-state index in [-0.39, 0.29) is 30.4 Å². The van der Waals surface area contributed by atoms with Crippen molar-refractivity contribution in [2.45, 2.75) is 50.6 Å². The molecule has 19 heavy (non-hydrogen) atoms. The van der Waals surface area contributed by atoms with E-state index in [0.29, 0.717) is 6.04 Å². The van der Waals surface area contributed by atoms with Crippen LogP contribution in [0, 0.1) is 18.3 Å². The molecule has 3 N–H and O–H groups in total. The number of hydrogen-bond donors (Lipinski definition) is 3. The van der Waals surface area contributed by atoms with E-state index < -0.39 is 0 Å². The number of amides is 3. The van der Waals surface area contributed by atoms with Crippen molar-refractivity contribution in [1.29, 1.82) is 0 Å². The van der Waals surface area contributed by atoms with Gasteiger partial charge in [-0.15, -0.1) is 6.42 Å². The van der Waals surface area contributed by atoms with Crippen molar-refractivity contribution in [2.75, 3.05) is 6.54 Å². The van der Waals surface area contributed by atoms with Gasteiger partial charge in [-0.3, -0.25) is 4.79 Å². The van der Waals surface area contributed by atoms with Gasteiger partial charge in [0.25, 0.3) is 0 Å². The van der Waals surface area contributed by atoms with Gasteiger partial charge in [-0.25, -0.2) is 4.79 Å². The van der Waals surface area contributed by atoms with E-state index in [1.54, 1.807) is 0 Å². The Labute approximate surface area is 113 Å². The summed E-state index contributed by atoms with van der Waals surface area (Å²) in [5, 5.41) is 8.50. The third-order valence-electron chi connectivity index (χ3n) is 3.65. The molecule has 0 aromatic carbocycles. The van der Waals surface area contributed by atoms with Crippen LogP contribution in [0.4, 0.5) is 4.79 Å². The lowest BCUT2D eigenvalue weighted by molar-refractivity contribution is -0.126. The standard InChI is InChI=1S/C14H21N3O2/c1-2-8-15-14(19)17-12-5-3-4-10(9-12)13(18)16-11-6-7-11/h1,10-12H,3-9H2,(H,16,18)(H2,15,17,19)/t10-,12-/m0/s1. The number of carbonyl (C=O) groups is 2. The first-order chi connectivity index (χ1) is 9.19. The molecule has 0 aromatic heterocycles. The summed E-state index contributed by atoms with van der Waals surface area (Å²) in [6, 6.07) is 0.229. The third kappa shape index (κ3) is 4.47. The summed E-state index contributed by atoms with van der Waals surface area (Å²) in [5.41, 5.74) is 0. The molecule has 2 saturated carbocycles. The van der Waals surface area contributed by atoms with Gasteiger partial charge in [-0.05, 0) is 32.1 Å². The van der Waals surface area contributed by atoms with Gasteiger partial charge in [0.05, 0.1) is 6.54 Å². The van der Waals surface area contributed by atoms with Crippen LogP contribution in [0.25, 0.3) is 0 Å². The molecule has 0 radical (unpaired) electrons. The summed E-state index contributed by atoms with van der Waals surface area (Å²) in [6.07, 6.45) is 10.8. The van der Waals surface area contributed by atoms with Crippen molar-refractivity contribution in [1.82, 2.24) is 16.0 Å². The summed E-state index contributed by atoms with van der Waals surface area (Å²) in [6.45, 7) is 0.226. The summed E-state index contributed by atoms with van der Waals surface area (Å²) >= 11 is 0. The topological polar surface area (TPSA) is 70.2 Å². The number of rotatable bonds is 4. The molecule has 2 atom stereocenters. The molecule has 5 nitrogen and oxygen atoms in total. The lowest BCUT2D eigenvalue weighted by Gasteiger charge is -2.29. The first-order valence-electron chi connectivity index (χ1n) is 6.97. The molecule has 0 spiro atoms. The highest BCUT2D eigenvalue weighted by Crippen LogP contribution is 2.26. The molecule has 0 aromatic rings. The number of nitrogens with one attached hydrogen (secondary N) is 3. The normalized spacial score (nSPS) is 26.1. The first-order valence-corrected chi connectivity index (χ1v) is 6.97. The van der Waals surface area contributed by atoms with Gasteiger partial charge in [0, 0.05) is 18.0 Å². The minimum Gasteiger partial charge on any atom is -0.353 e. The van der Waals surface area contributed by atoms with Crippen molar-refractivity contribution in [3.05, 3.63) is 0 Å². The maximum atomic E-state index is 12.0. The van der Waals surface area contributed by atoms with Crippen LogP contribution in [0.3, 0.4) is 0 Å². The minimum atomic E-state index is -0.244. The highest BCUT2D eigenvalue weighted by molar-refractivity contribution is 5.79. The molecule has 0 heterocycles. The van der Waals surface area contributed by atoms with Crippen molar-refractivity contribution in [3.8, 4) is 12.3 Å². The van der Waals surface area contributed by atoms with Crippen LogP contribution in [-0.2, 0) is 4.79 Å². The Bertz CT molecular complexity index is 385. The lowest BCUT2D eigenvalue weighted by atomic mass is 9.85. The van der Waals surface area contributed by atoms with Crippen molar-refractivity contribution >= 4 is 11.9 Å². The second kappa shape index (κ2) is 6.46. The fourth-order valence-corrected chi connectivity index (χ4v) is 2.47. The Balaban J connectivity index is 1.74. The first kappa shape index (κ1) is 13.7. The van der Waals surface area contributed by atoms with Crippen LogP contribution >= 0.6 is 0 Å². The van der Waals surface area contributed by atoms with Crippen LogP contribution in [0.2, 0.25) is 0 Å². The average molecular weight is 263 g/mol. The molecule has 2 fully saturated rings. The van der Waals surface area contributed by atoms with E-state index in [2.05, 4.69) is 21.9 Å². The van der Waals surface area contributed by atoms with Gasteiger partial charge in [0.15, 0.2) is 0 Å². The highest BCUT2D eigenvalue weighted by atomic mass is 16.2. The Morgan fingerprint density at radius 2 is 1.89 bits per heavy atom. The zero-order chi connectivity index (χ0) is 13.7. The zero-order valence-corrected chi connectivity index (χ0v) is 11.1. The van der Waals surface area contributed by atoms with Crippen molar-refractivity contribution in [2.24, 2.45) is 5.92 Å². The fraction of sp³-hybridized carbons (Fsp3) is 0.714. The van der Waals surface area contributed by atoms with E-state index in [0.717, 1.165) is 38.5 Å². The van der Waals surface area contributed by atoms with Crippen LogP contribution in [-0.4, -0.2) is 30.6 Å². The second-order valence-corrected chi connectivity index (χ2v) is 5.37. The predicted molar refractivity (Wildman–Crippen MR) is 72.3 cm³/mol. The van der Waals surface area contributed by atoms with E-state index in [1.165, 1.54) is 0 Å². The van der Waals surface area contributed by atoms with E-state index in [9.17, 15) is 9.59 Å². The summed E-state index contributed by atoms with van der Waals surface area (Å²) in [5.74, 6) is 2.54. The summed E-state index contributed by atoms with van der Waals surface area (Å²) in [7, 11) is 0. The maximum absolute atomic E-state index is 12.0. The largest absolute Gasteiger partial charge is 0.353 e. The highest BCUT2D eigenvalue weighted by Gasteiger charge is 2.31. The number of hydrogen-bond acceptors (Lipinski definition) is 2. The minimum absolute atomic E-state index is 0.0345. The molecule has 2 aliphatic rings. The number of urea groups is 1. The van der Waals surface area contributed by atoms with Gasteiger partial charge in [0.2, 0.25) is 5.91 Å². The smallest absolute Gasteiger partial charge is 0.315 e. The predicted octanol–water partition coefficient (Wildman–Crippen LogP) is 0.756. The van der Waals surface area contributed by atoms with E-state index in [4.69, 9.17) is 6.42 Å². The second-order valence-electron chi connectivity index (χ2n) is 5.37. The monoisotopic (exact) mass is 263 g/mol. The molecule has 5 heteroatoms. The molecule has 0 aliphatic heterocycles. The van der Waals surface area contributed by atoms with Crippen LogP contribution < -0.4 is 16.0 Å². The molecular weight excluding hydrogens is 242 g/mol. The molecule has 0 bridgehead atoms. The van der Waals surface area contributed by atoms with Gasteiger partial charge in [-0.1, -0.05) is 12.3 Å². The Hall–Kier alpha value is -1.70. The number of terminal acetylenes is 1. The SMILES string of the molecule is C#CCNC(=O)N[C@H]1CCC[C@H](C(=O)NC2CC2)C1. The Morgan fingerprint density at radius 1 is 1.11 bits per heavy atom. The van der Waals surface area contributed by atoms with E-state index in [1.807, 2.05) is 0 Å². The summed E-state index contributed by atoms with van der Waals surface area (Å²) < 4.78 is 0. The molecular formula is C14H21N3O2. The quantitative estimate of drug-likeness (QED) is 0.655. The Kier molecular flexibility index (Phi) is 4.67. The molecule has 0 unspecified atom stereocenters. The molecule has 3 amide bonds. The zero-order valence-electron chi connectivity index (χ0n) is 11.1. The van der Waals surface area contributed by atoms with Crippen LogP contribution in [0.1, 0.15) is 38.5 Å². The van der Waals surface area contributed by atoms with Crippen LogP contribution in [0.15, 0.2) is 0 Å². The third-order valence-corrected chi connectivity index (χ3v) is 3.65. The summed E-state index contributed by atoms with van der Waals surface area (Å²) in [4.78, 5) is 23.5. The van der Waals surface area contributed by atoms with Gasteiger partial charge >= 0.3 is 6.03 Å². The molecule has 2 aliphatic carbocycles. The van der Waals surface area contributed by atoms with Crippen molar-refractivity contribution < 1.29 is 9.59 Å². The van der Waals surface area contributed by atoms with Gasteiger partial charge in [0.1, 0.15) is 0 Å².